The lowest BCUT2D eigenvalue weighted by Crippen LogP contribution is -2.30. The van der Waals surface area contributed by atoms with Gasteiger partial charge in [-0.25, -0.2) is 12.8 Å². The van der Waals surface area contributed by atoms with Gasteiger partial charge in [0, 0.05) is 30.0 Å². The molecular weight excluding hydrogens is 419 g/mol. The fourth-order valence-corrected chi connectivity index (χ4v) is 4.23. The fraction of sp³-hybridized carbons (Fsp3) is 0.273. The van der Waals surface area contributed by atoms with E-state index in [1.165, 1.54) is 30.3 Å². The molecule has 2 N–H and O–H groups in total. The summed E-state index contributed by atoms with van der Waals surface area (Å²) >= 11 is 0. The summed E-state index contributed by atoms with van der Waals surface area (Å²) in [5.41, 5.74) is 2.47. The number of nitrogens with one attached hydrogen (secondary N) is 2. The summed E-state index contributed by atoms with van der Waals surface area (Å²) in [7, 11) is -3.92. The molecule has 1 amide bonds. The van der Waals surface area contributed by atoms with Gasteiger partial charge in [-0.2, -0.15) is 5.10 Å². The molecule has 7 nitrogen and oxygen atoms in total. The third kappa shape index (κ3) is 5.91. The predicted molar refractivity (Wildman–Crippen MR) is 117 cm³/mol. The number of carbonyl (C=O) groups is 1. The van der Waals surface area contributed by atoms with E-state index in [4.69, 9.17) is 0 Å². The van der Waals surface area contributed by atoms with Gasteiger partial charge in [0.15, 0.2) is 0 Å². The Bertz CT molecular complexity index is 1170. The fourth-order valence-electron chi connectivity index (χ4n) is 3.13. The Labute approximate surface area is 181 Å². The van der Waals surface area contributed by atoms with Crippen LogP contribution in [-0.4, -0.2) is 30.7 Å². The Morgan fingerprint density at radius 3 is 2.48 bits per heavy atom. The van der Waals surface area contributed by atoms with Crippen molar-refractivity contribution in [1.29, 1.82) is 0 Å². The SMILES string of the molecule is Cc1cc(C)n(CC(C)CNC(=O)c2cccc(S(=O)(=O)Nc3ccc(F)cc3)c2)n1. The largest absolute Gasteiger partial charge is 0.352 e. The number of aryl methyl sites for hydroxylation is 2. The summed E-state index contributed by atoms with van der Waals surface area (Å²) in [5.74, 6) is -0.693. The molecule has 0 fully saturated rings. The van der Waals surface area contributed by atoms with Crippen molar-refractivity contribution < 1.29 is 17.6 Å². The number of anilines is 1. The molecule has 9 heteroatoms. The van der Waals surface area contributed by atoms with Crippen LogP contribution in [0.2, 0.25) is 0 Å². The van der Waals surface area contributed by atoms with Gasteiger partial charge in [0.05, 0.1) is 10.6 Å². The van der Waals surface area contributed by atoms with E-state index in [0.717, 1.165) is 23.5 Å². The van der Waals surface area contributed by atoms with Gasteiger partial charge >= 0.3 is 0 Å². The summed E-state index contributed by atoms with van der Waals surface area (Å²) in [6, 6.07) is 12.7. The van der Waals surface area contributed by atoms with Gasteiger partial charge in [-0.15, -0.1) is 0 Å². The van der Waals surface area contributed by atoms with Gasteiger partial charge in [0.25, 0.3) is 15.9 Å². The van der Waals surface area contributed by atoms with Crippen LogP contribution in [0.3, 0.4) is 0 Å². The van der Waals surface area contributed by atoms with Crippen LogP contribution in [0.4, 0.5) is 10.1 Å². The molecule has 0 spiro atoms. The number of hydrogen-bond donors (Lipinski definition) is 2. The van der Waals surface area contributed by atoms with E-state index in [1.807, 2.05) is 31.5 Å². The lowest BCUT2D eigenvalue weighted by atomic mass is 10.1. The van der Waals surface area contributed by atoms with Gasteiger partial charge < -0.3 is 5.32 Å². The summed E-state index contributed by atoms with van der Waals surface area (Å²) in [4.78, 5) is 12.5. The molecule has 0 aliphatic rings. The van der Waals surface area contributed by atoms with E-state index in [0.29, 0.717) is 13.1 Å². The molecule has 0 aliphatic heterocycles. The minimum absolute atomic E-state index is 0.0554. The lowest BCUT2D eigenvalue weighted by molar-refractivity contribution is 0.0946. The van der Waals surface area contributed by atoms with Crippen molar-refractivity contribution in [1.82, 2.24) is 15.1 Å². The Morgan fingerprint density at radius 1 is 1.13 bits per heavy atom. The zero-order chi connectivity index (χ0) is 22.6. The molecule has 0 radical (unpaired) electrons. The van der Waals surface area contributed by atoms with E-state index in [2.05, 4.69) is 15.1 Å². The maximum absolute atomic E-state index is 13.0. The molecule has 1 heterocycles. The molecule has 0 saturated heterocycles. The van der Waals surface area contributed by atoms with E-state index in [-0.39, 0.29) is 28.0 Å². The molecule has 0 saturated carbocycles. The predicted octanol–water partition coefficient (Wildman–Crippen LogP) is 3.51. The summed E-state index contributed by atoms with van der Waals surface area (Å²) in [6.07, 6.45) is 0. The van der Waals surface area contributed by atoms with Crippen molar-refractivity contribution in [3.8, 4) is 0 Å². The van der Waals surface area contributed by atoms with Gasteiger partial charge in [-0.1, -0.05) is 13.0 Å². The molecule has 0 aliphatic carbocycles. The first kappa shape index (κ1) is 22.5. The smallest absolute Gasteiger partial charge is 0.261 e. The summed E-state index contributed by atoms with van der Waals surface area (Å²) in [6.45, 7) is 7.00. The van der Waals surface area contributed by atoms with Crippen molar-refractivity contribution in [3.63, 3.8) is 0 Å². The minimum atomic E-state index is -3.92. The Hall–Kier alpha value is -3.20. The van der Waals surface area contributed by atoms with Crippen LogP contribution in [0.1, 0.15) is 28.7 Å². The van der Waals surface area contributed by atoms with Gasteiger partial charge in [-0.3, -0.25) is 14.2 Å². The second kappa shape index (κ2) is 9.30. The first-order chi connectivity index (χ1) is 14.6. The molecule has 31 heavy (non-hydrogen) atoms. The molecule has 1 aromatic heterocycles. The van der Waals surface area contributed by atoms with Crippen molar-refractivity contribution >= 4 is 21.6 Å². The van der Waals surface area contributed by atoms with E-state index in [1.54, 1.807) is 6.07 Å². The van der Waals surface area contributed by atoms with Crippen molar-refractivity contribution in [2.24, 2.45) is 5.92 Å². The molecule has 0 bridgehead atoms. The highest BCUT2D eigenvalue weighted by Crippen LogP contribution is 2.18. The Kier molecular flexibility index (Phi) is 6.74. The standard InChI is InChI=1S/C22H25FN4O3S/c1-15(14-27-17(3)11-16(2)25-27)13-24-22(28)18-5-4-6-21(12-18)31(29,30)26-20-9-7-19(23)8-10-20/h4-12,15,26H,13-14H2,1-3H3,(H,24,28). The number of amides is 1. The average molecular weight is 445 g/mol. The van der Waals surface area contributed by atoms with E-state index < -0.39 is 15.8 Å². The number of aromatic nitrogens is 2. The third-order valence-corrected chi connectivity index (χ3v) is 6.08. The number of benzene rings is 2. The summed E-state index contributed by atoms with van der Waals surface area (Å²) in [5, 5.41) is 7.27. The van der Waals surface area contributed by atoms with Gasteiger partial charge in [0.2, 0.25) is 0 Å². The molecular formula is C22H25FN4O3S. The first-order valence-electron chi connectivity index (χ1n) is 9.82. The van der Waals surface area contributed by atoms with Crippen LogP contribution in [0.15, 0.2) is 59.5 Å². The Balaban J connectivity index is 1.64. The van der Waals surface area contributed by atoms with Crippen LogP contribution in [0, 0.1) is 25.6 Å². The van der Waals surface area contributed by atoms with Crippen LogP contribution >= 0.6 is 0 Å². The molecule has 3 aromatic rings. The number of nitrogens with zero attached hydrogens (tertiary/aromatic N) is 2. The zero-order valence-electron chi connectivity index (χ0n) is 17.6. The second-order valence-electron chi connectivity index (χ2n) is 7.56. The molecule has 3 rings (SSSR count). The van der Waals surface area contributed by atoms with Gasteiger partial charge in [-0.05, 0) is 68.3 Å². The lowest BCUT2D eigenvalue weighted by Gasteiger charge is -2.14. The maximum atomic E-state index is 13.0. The minimum Gasteiger partial charge on any atom is -0.352 e. The summed E-state index contributed by atoms with van der Waals surface area (Å²) < 4.78 is 42.5. The molecule has 1 atom stereocenters. The highest BCUT2D eigenvalue weighted by Gasteiger charge is 2.17. The second-order valence-corrected chi connectivity index (χ2v) is 9.25. The zero-order valence-corrected chi connectivity index (χ0v) is 18.4. The Morgan fingerprint density at radius 2 is 1.84 bits per heavy atom. The highest BCUT2D eigenvalue weighted by atomic mass is 32.2. The normalized spacial score (nSPS) is 12.4. The highest BCUT2D eigenvalue weighted by molar-refractivity contribution is 7.92. The molecule has 164 valence electrons. The van der Waals surface area contributed by atoms with Crippen LogP contribution in [0.5, 0.6) is 0 Å². The monoisotopic (exact) mass is 444 g/mol. The quantitative estimate of drug-likeness (QED) is 0.556. The van der Waals surface area contributed by atoms with Gasteiger partial charge in [0.1, 0.15) is 5.82 Å². The number of halogens is 1. The van der Waals surface area contributed by atoms with Crippen molar-refractivity contribution in [3.05, 3.63) is 77.4 Å². The van der Waals surface area contributed by atoms with E-state index >= 15 is 0 Å². The number of sulfonamides is 1. The number of rotatable bonds is 8. The molecule has 1 unspecified atom stereocenters. The average Bonchev–Trinajstić information content (AvgIpc) is 3.04. The van der Waals surface area contributed by atoms with Crippen molar-refractivity contribution in [2.45, 2.75) is 32.2 Å². The van der Waals surface area contributed by atoms with Crippen LogP contribution < -0.4 is 10.0 Å². The van der Waals surface area contributed by atoms with Crippen molar-refractivity contribution in [2.75, 3.05) is 11.3 Å². The van der Waals surface area contributed by atoms with Crippen LogP contribution in [-0.2, 0) is 16.6 Å². The first-order valence-corrected chi connectivity index (χ1v) is 11.3. The maximum Gasteiger partial charge on any atom is 0.261 e. The third-order valence-electron chi connectivity index (χ3n) is 4.70. The topological polar surface area (TPSA) is 93.1 Å². The van der Waals surface area contributed by atoms with E-state index in [9.17, 15) is 17.6 Å². The number of hydrogen-bond acceptors (Lipinski definition) is 4. The number of carbonyl (C=O) groups excluding carboxylic acids is 1. The molecule has 2 aromatic carbocycles. The van der Waals surface area contributed by atoms with Crippen LogP contribution in [0.25, 0.3) is 0 Å².